The second kappa shape index (κ2) is 6.56. The number of cyclic esters (lactones) is 1. The van der Waals surface area contributed by atoms with E-state index in [0.29, 0.717) is 29.6 Å². The third-order valence-electron chi connectivity index (χ3n) is 6.38. The van der Waals surface area contributed by atoms with Crippen LogP contribution in [0.3, 0.4) is 0 Å². The van der Waals surface area contributed by atoms with E-state index < -0.39 is 0 Å². The predicted octanol–water partition coefficient (Wildman–Crippen LogP) is 2.68. The Morgan fingerprint density at radius 1 is 0.966 bits per heavy atom. The lowest BCUT2D eigenvalue weighted by atomic mass is 9.65. The lowest BCUT2D eigenvalue weighted by Gasteiger charge is -2.37. The Balaban J connectivity index is 1.75. The van der Waals surface area contributed by atoms with Gasteiger partial charge in [0.05, 0.1) is 26.7 Å². The smallest absolute Gasteiger partial charge is 0.310 e. The molecule has 3 aliphatic rings. The van der Waals surface area contributed by atoms with Crippen molar-refractivity contribution >= 4 is 5.97 Å². The van der Waals surface area contributed by atoms with E-state index in [1.807, 2.05) is 31.2 Å². The van der Waals surface area contributed by atoms with Gasteiger partial charge in [-0.15, -0.1) is 0 Å². The molecule has 2 unspecified atom stereocenters. The molecule has 5 rings (SSSR count). The highest BCUT2D eigenvalue weighted by molar-refractivity contribution is 5.79. The van der Waals surface area contributed by atoms with E-state index in [-0.39, 0.29) is 36.6 Å². The number of ether oxygens (including phenoxy) is 5. The minimum atomic E-state index is -0.380. The summed E-state index contributed by atoms with van der Waals surface area (Å²) in [5.41, 5.74) is 10.3. The maximum absolute atomic E-state index is 12.8. The maximum atomic E-state index is 12.8. The number of hydrogen-bond donors (Lipinski definition) is 1. The molecule has 29 heavy (non-hydrogen) atoms. The van der Waals surface area contributed by atoms with Crippen molar-refractivity contribution in [3.63, 3.8) is 0 Å². The van der Waals surface area contributed by atoms with Gasteiger partial charge in [-0.05, 0) is 47.9 Å². The number of carbonyl (C=O) groups is 1. The quantitative estimate of drug-likeness (QED) is 0.797. The fourth-order valence-corrected chi connectivity index (χ4v) is 4.89. The Kier molecular flexibility index (Phi) is 4.10. The van der Waals surface area contributed by atoms with Crippen LogP contribution in [0.15, 0.2) is 24.3 Å². The summed E-state index contributed by atoms with van der Waals surface area (Å²) >= 11 is 0. The van der Waals surface area contributed by atoms with Gasteiger partial charge in [-0.25, -0.2) is 0 Å². The normalized spacial score (nSPS) is 26.6. The zero-order valence-corrected chi connectivity index (χ0v) is 16.6. The number of carbonyl (C=O) groups excluding carboxylic acids is 1. The van der Waals surface area contributed by atoms with Crippen LogP contribution in [0.5, 0.6) is 23.0 Å². The molecule has 2 heterocycles. The van der Waals surface area contributed by atoms with Crippen LogP contribution in [0.4, 0.5) is 0 Å². The minimum Gasteiger partial charge on any atom is -0.496 e. The zero-order valence-electron chi connectivity index (χ0n) is 16.6. The average molecular weight is 397 g/mol. The molecule has 2 aromatic rings. The van der Waals surface area contributed by atoms with Crippen LogP contribution in [-0.2, 0) is 9.53 Å². The van der Waals surface area contributed by atoms with Gasteiger partial charge in [0.25, 0.3) is 0 Å². The largest absolute Gasteiger partial charge is 0.496 e. The second-order valence-corrected chi connectivity index (χ2v) is 7.71. The van der Waals surface area contributed by atoms with Gasteiger partial charge in [0.2, 0.25) is 6.79 Å². The van der Waals surface area contributed by atoms with Crippen molar-refractivity contribution in [3.8, 4) is 23.0 Å². The van der Waals surface area contributed by atoms with Crippen molar-refractivity contribution in [2.45, 2.75) is 18.9 Å². The molecule has 0 spiro atoms. The van der Waals surface area contributed by atoms with Gasteiger partial charge >= 0.3 is 5.97 Å². The molecule has 1 saturated heterocycles. The molecule has 4 atom stereocenters. The standard InChI is InChI=1S/C22H23NO6/c1-10-15(25-2)4-11(5-16(10)26-3)19-12-6-17-18(29-9-28-17)7-13(12)21(23)14-8-27-22(24)20(14)19/h4-7,14,19-21H,8-9,23H2,1-3H3/t14?,19-,20?,21-/m1/s1. The van der Waals surface area contributed by atoms with Crippen LogP contribution in [0, 0.1) is 18.8 Å². The Morgan fingerprint density at radius 2 is 1.59 bits per heavy atom. The lowest BCUT2D eigenvalue weighted by molar-refractivity contribution is -0.141. The van der Waals surface area contributed by atoms with Gasteiger partial charge in [-0.3, -0.25) is 4.79 Å². The number of rotatable bonds is 3. The van der Waals surface area contributed by atoms with E-state index in [9.17, 15) is 4.79 Å². The van der Waals surface area contributed by atoms with E-state index in [1.165, 1.54) is 0 Å². The maximum Gasteiger partial charge on any atom is 0.310 e. The number of benzene rings is 2. The number of hydrogen-bond acceptors (Lipinski definition) is 7. The topological polar surface area (TPSA) is 89.2 Å². The highest BCUT2D eigenvalue weighted by atomic mass is 16.7. The summed E-state index contributed by atoms with van der Waals surface area (Å²) in [5.74, 6) is 1.80. The molecule has 2 aliphatic heterocycles. The van der Waals surface area contributed by atoms with Crippen LogP contribution in [-0.4, -0.2) is 33.6 Å². The van der Waals surface area contributed by atoms with Crippen LogP contribution >= 0.6 is 0 Å². The molecule has 0 bridgehead atoms. The third-order valence-corrected chi connectivity index (χ3v) is 6.38. The molecular formula is C22H23NO6. The van der Waals surface area contributed by atoms with Gasteiger partial charge < -0.3 is 29.4 Å². The monoisotopic (exact) mass is 397 g/mol. The summed E-state index contributed by atoms with van der Waals surface area (Å²) in [6.45, 7) is 2.44. The van der Waals surface area contributed by atoms with E-state index in [4.69, 9.17) is 29.4 Å². The fraction of sp³-hybridized carbons (Fsp3) is 0.409. The number of nitrogens with two attached hydrogens (primary N) is 1. The SMILES string of the molecule is COc1cc([C@@H]2c3cc4c(cc3[C@@H](N)C3COC(=O)C32)OCO4)cc(OC)c1C. The second-order valence-electron chi connectivity index (χ2n) is 7.71. The molecule has 0 aromatic heterocycles. The summed E-state index contributed by atoms with van der Waals surface area (Å²) in [7, 11) is 3.25. The number of fused-ring (bicyclic) bond motifs is 3. The summed E-state index contributed by atoms with van der Waals surface area (Å²) in [4.78, 5) is 12.8. The highest BCUT2D eigenvalue weighted by Crippen LogP contribution is 2.54. The molecular weight excluding hydrogens is 374 g/mol. The van der Waals surface area contributed by atoms with E-state index in [2.05, 4.69) is 0 Å². The van der Waals surface area contributed by atoms with Gasteiger partial charge in [0, 0.05) is 23.4 Å². The molecule has 2 N–H and O–H groups in total. The molecule has 0 saturated carbocycles. The predicted molar refractivity (Wildman–Crippen MR) is 104 cm³/mol. The Hall–Kier alpha value is -2.93. The van der Waals surface area contributed by atoms with Gasteiger partial charge in [0.1, 0.15) is 11.5 Å². The lowest BCUT2D eigenvalue weighted by Crippen LogP contribution is -2.38. The first-order valence-corrected chi connectivity index (χ1v) is 9.61. The Bertz CT molecular complexity index is 978. The first kappa shape index (κ1) is 18.1. The third kappa shape index (κ3) is 2.57. The van der Waals surface area contributed by atoms with Crippen molar-refractivity contribution in [2.24, 2.45) is 17.6 Å². The molecule has 0 amide bonds. The van der Waals surface area contributed by atoms with Crippen molar-refractivity contribution < 1.29 is 28.5 Å². The zero-order chi connectivity index (χ0) is 20.3. The van der Waals surface area contributed by atoms with Crippen molar-refractivity contribution in [1.82, 2.24) is 0 Å². The summed E-state index contributed by atoms with van der Waals surface area (Å²) in [5, 5.41) is 0. The highest BCUT2D eigenvalue weighted by Gasteiger charge is 2.51. The van der Waals surface area contributed by atoms with Crippen LogP contribution in [0.25, 0.3) is 0 Å². The van der Waals surface area contributed by atoms with Gasteiger partial charge in [-0.2, -0.15) is 0 Å². The number of esters is 1. The minimum absolute atomic E-state index is 0.112. The molecule has 0 radical (unpaired) electrons. The molecule has 7 nitrogen and oxygen atoms in total. The molecule has 1 fully saturated rings. The first-order chi connectivity index (χ1) is 14.0. The fourth-order valence-electron chi connectivity index (χ4n) is 4.89. The molecule has 2 aromatic carbocycles. The molecule has 1 aliphatic carbocycles. The van der Waals surface area contributed by atoms with E-state index in [1.54, 1.807) is 14.2 Å². The van der Waals surface area contributed by atoms with Gasteiger partial charge in [0.15, 0.2) is 11.5 Å². The van der Waals surface area contributed by atoms with Crippen molar-refractivity contribution in [1.29, 1.82) is 0 Å². The molecule has 152 valence electrons. The van der Waals surface area contributed by atoms with E-state index >= 15 is 0 Å². The Labute approximate surface area is 168 Å². The molecule has 7 heteroatoms. The summed E-state index contributed by atoms with van der Waals surface area (Å²) in [6, 6.07) is 7.51. The van der Waals surface area contributed by atoms with Crippen LogP contribution < -0.4 is 24.7 Å². The Morgan fingerprint density at radius 3 is 2.21 bits per heavy atom. The van der Waals surface area contributed by atoms with E-state index in [0.717, 1.165) is 22.3 Å². The average Bonchev–Trinajstić information content (AvgIpc) is 3.34. The summed E-state index contributed by atoms with van der Waals surface area (Å²) in [6.07, 6.45) is 0. The van der Waals surface area contributed by atoms with Crippen molar-refractivity contribution in [3.05, 3.63) is 46.5 Å². The summed E-state index contributed by atoms with van der Waals surface area (Å²) < 4.78 is 27.8. The van der Waals surface area contributed by atoms with Crippen LogP contribution in [0.2, 0.25) is 0 Å². The first-order valence-electron chi connectivity index (χ1n) is 9.61. The van der Waals surface area contributed by atoms with Crippen LogP contribution in [0.1, 0.15) is 34.2 Å². The van der Waals surface area contributed by atoms with Gasteiger partial charge in [-0.1, -0.05) is 0 Å². The number of methoxy groups -OCH3 is 2. The van der Waals surface area contributed by atoms with Crippen molar-refractivity contribution in [2.75, 3.05) is 27.6 Å².